The number of hydrogen-bond acceptors (Lipinski definition) is 5. The van der Waals surface area contributed by atoms with Gasteiger partial charge in [0.1, 0.15) is 12.4 Å². The van der Waals surface area contributed by atoms with Crippen LogP contribution in [0.15, 0.2) is 47.3 Å². The van der Waals surface area contributed by atoms with Crippen LogP contribution in [0, 0.1) is 0 Å². The number of fused-ring (bicyclic) bond motifs is 1. The van der Waals surface area contributed by atoms with E-state index in [1.807, 2.05) is 6.07 Å². The lowest BCUT2D eigenvalue weighted by Crippen LogP contribution is -2.39. The molecule has 0 saturated carbocycles. The number of hydrogen-bond donors (Lipinski definition) is 1. The number of amides is 1. The third-order valence-electron chi connectivity index (χ3n) is 4.91. The van der Waals surface area contributed by atoms with E-state index in [9.17, 15) is 9.59 Å². The van der Waals surface area contributed by atoms with Crippen LogP contribution in [0.5, 0.6) is 0 Å². The van der Waals surface area contributed by atoms with Crippen molar-refractivity contribution in [1.29, 1.82) is 0 Å². The van der Waals surface area contributed by atoms with Gasteiger partial charge in [0.05, 0.1) is 40.7 Å². The molecule has 3 aromatic rings. The highest BCUT2D eigenvalue weighted by Crippen LogP contribution is 2.25. The fourth-order valence-electron chi connectivity index (χ4n) is 3.38. The first-order valence-electron chi connectivity index (χ1n) is 9.55. The summed E-state index contributed by atoms with van der Waals surface area (Å²) >= 11 is 11.9. The molecule has 4 rings (SSSR count). The van der Waals surface area contributed by atoms with Gasteiger partial charge in [-0.25, -0.2) is 4.98 Å². The summed E-state index contributed by atoms with van der Waals surface area (Å²) < 4.78 is 6.83. The van der Waals surface area contributed by atoms with Gasteiger partial charge >= 0.3 is 0 Å². The number of carbonyl (C=O) groups is 1. The number of halogens is 2. The smallest absolute Gasteiger partial charge is 0.261 e. The van der Waals surface area contributed by atoms with Crippen molar-refractivity contribution >= 4 is 45.7 Å². The van der Waals surface area contributed by atoms with Crippen molar-refractivity contribution < 1.29 is 9.53 Å². The van der Waals surface area contributed by atoms with E-state index in [1.165, 1.54) is 4.57 Å². The van der Waals surface area contributed by atoms with Crippen molar-refractivity contribution in [2.75, 3.05) is 31.6 Å². The Morgan fingerprint density at radius 1 is 1.10 bits per heavy atom. The lowest BCUT2D eigenvalue weighted by Gasteiger charge is -2.27. The summed E-state index contributed by atoms with van der Waals surface area (Å²) in [5, 5.41) is 3.98. The molecule has 1 saturated heterocycles. The number of rotatable bonds is 5. The fraction of sp³-hybridized carbons (Fsp3) is 0.286. The predicted molar refractivity (Wildman–Crippen MR) is 117 cm³/mol. The van der Waals surface area contributed by atoms with Gasteiger partial charge in [0.15, 0.2) is 0 Å². The van der Waals surface area contributed by atoms with Gasteiger partial charge in [-0.2, -0.15) is 0 Å². The second-order valence-corrected chi connectivity index (χ2v) is 7.82. The monoisotopic (exact) mass is 446 g/mol. The highest BCUT2D eigenvalue weighted by Gasteiger charge is 2.18. The predicted octanol–water partition coefficient (Wildman–Crippen LogP) is 3.17. The normalized spacial score (nSPS) is 14.7. The van der Waals surface area contributed by atoms with Crippen molar-refractivity contribution in [3.63, 3.8) is 0 Å². The number of carbonyl (C=O) groups excluding carboxylic acids is 1. The molecule has 156 valence electrons. The van der Waals surface area contributed by atoms with Gasteiger partial charge in [0.2, 0.25) is 5.91 Å². The average Bonchev–Trinajstić information content (AvgIpc) is 2.74. The molecule has 1 fully saturated rings. The standard InChI is InChI=1S/C21H20Cl2N4O3/c22-16-6-5-14(11-17(16)23)24-20(28)13-27-19(12-26-7-9-30-10-8-26)25-18-4-2-1-3-15(18)21(27)29/h1-6,11H,7-10,12-13H2,(H,24,28). The highest BCUT2D eigenvalue weighted by molar-refractivity contribution is 6.42. The zero-order chi connectivity index (χ0) is 21.1. The summed E-state index contributed by atoms with van der Waals surface area (Å²) in [7, 11) is 0. The SMILES string of the molecule is O=C(Cn1c(CN2CCOCC2)nc2ccccc2c1=O)Nc1ccc(Cl)c(Cl)c1. The van der Waals surface area contributed by atoms with Crippen LogP contribution in [0.1, 0.15) is 5.82 Å². The van der Waals surface area contributed by atoms with E-state index in [0.717, 1.165) is 13.1 Å². The molecule has 2 aromatic carbocycles. The number of nitrogens with one attached hydrogen (secondary N) is 1. The molecule has 2 heterocycles. The van der Waals surface area contributed by atoms with Crippen LogP contribution in [0.4, 0.5) is 5.69 Å². The first kappa shape index (κ1) is 20.8. The Kier molecular flexibility index (Phi) is 6.34. The maximum atomic E-state index is 13.1. The summed E-state index contributed by atoms with van der Waals surface area (Å²) in [6.45, 7) is 3.07. The van der Waals surface area contributed by atoms with E-state index >= 15 is 0 Å². The van der Waals surface area contributed by atoms with E-state index < -0.39 is 0 Å². The van der Waals surface area contributed by atoms with E-state index in [4.69, 9.17) is 27.9 Å². The number of para-hydroxylation sites is 1. The van der Waals surface area contributed by atoms with Crippen LogP contribution < -0.4 is 10.9 Å². The molecule has 1 N–H and O–H groups in total. The molecule has 1 aliphatic heterocycles. The van der Waals surface area contributed by atoms with Gasteiger partial charge in [-0.1, -0.05) is 35.3 Å². The molecule has 1 aliphatic rings. The van der Waals surface area contributed by atoms with Crippen molar-refractivity contribution in [3.05, 3.63) is 68.7 Å². The van der Waals surface area contributed by atoms with Gasteiger partial charge < -0.3 is 10.1 Å². The maximum absolute atomic E-state index is 13.1. The quantitative estimate of drug-likeness (QED) is 0.651. The van der Waals surface area contributed by atoms with Gasteiger partial charge in [-0.05, 0) is 30.3 Å². The van der Waals surface area contributed by atoms with Crippen molar-refractivity contribution in [3.8, 4) is 0 Å². The Balaban J connectivity index is 1.64. The number of anilines is 1. The van der Waals surface area contributed by atoms with E-state index in [1.54, 1.807) is 36.4 Å². The molecule has 0 radical (unpaired) electrons. The molecule has 9 heteroatoms. The minimum atomic E-state index is -0.351. The van der Waals surface area contributed by atoms with Crippen LogP contribution >= 0.6 is 23.2 Å². The molecular weight excluding hydrogens is 427 g/mol. The second kappa shape index (κ2) is 9.14. The minimum absolute atomic E-state index is 0.156. The van der Waals surface area contributed by atoms with Gasteiger partial charge in [0.25, 0.3) is 5.56 Å². The Bertz CT molecular complexity index is 1140. The number of benzene rings is 2. The summed E-state index contributed by atoms with van der Waals surface area (Å²) in [5.74, 6) is 0.195. The third-order valence-corrected chi connectivity index (χ3v) is 5.65. The van der Waals surface area contributed by atoms with E-state index in [-0.39, 0.29) is 18.0 Å². The molecule has 0 unspecified atom stereocenters. The molecule has 0 spiro atoms. The number of morpholine rings is 1. The Hall–Kier alpha value is -2.45. The Morgan fingerprint density at radius 2 is 1.87 bits per heavy atom. The molecule has 1 amide bonds. The van der Waals surface area contributed by atoms with Crippen LogP contribution in [-0.2, 0) is 22.6 Å². The van der Waals surface area contributed by atoms with E-state index in [0.29, 0.717) is 52.2 Å². The van der Waals surface area contributed by atoms with Gasteiger partial charge in [-0.15, -0.1) is 0 Å². The number of aromatic nitrogens is 2. The van der Waals surface area contributed by atoms with Gasteiger partial charge in [0, 0.05) is 18.8 Å². The lowest BCUT2D eigenvalue weighted by atomic mass is 10.2. The summed E-state index contributed by atoms with van der Waals surface area (Å²) in [5.41, 5.74) is 0.881. The zero-order valence-corrected chi connectivity index (χ0v) is 17.6. The van der Waals surface area contributed by atoms with Gasteiger partial charge in [-0.3, -0.25) is 19.1 Å². The van der Waals surface area contributed by atoms with Crippen molar-refractivity contribution in [2.45, 2.75) is 13.1 Å². The van der Waals surface area contributed by atoms with Crippen molar-refractivity contribution in [2.24, 2.45) is 0 Å². The molecule has 0 atom stereocenters. The molecule has 0 aliphatic carbocycles. The molecule has 1 aromatic heterocycles. The lowest BCUT2D eigenvalue weighted by molar-refractivity contribution is -0.116. The second-order valence-electron chi connectivity index (χ2n) is 7.00. The minimum Gasteiger partial charge on any atom is -0.379 e. The molecule has 30 heavy (non-hydrogen) atoms. The maximum Gasteiger partial charge on any atom is 0.261 e. The number of nitrogens with zero attached hydrogens (tertiary/aromatic N) is 3. The first-order valence-corrected chi connectivity index (χ1v) is 10.3. The third kappa shape index (κ3) is 4.65. The Labute approximate surface area is 183 Å². The summed E-state index contributed by atoms with van der Waals surface area (Å²) in [4.78, 5) is 32.7. The van der Waals surface area contributed by atoms with Crippen LogP contribution in [-0.4, -0.2) is 46.7 Å². The molecular formula is C21H20Cl2N4O3. The topological polar surface area (TPSA) is 76.5 Å². The van der Waals surface area contributed by atoms with Crippen LogP contribution in [0.3, 0.4) is 0 Å². The first-order chi connectivity index (χ1) is 14.5. The molecule has 7 nitrogen and oxygen atoms in total. The van der Waals surface area contributed by atoms with Crippen LogP contribution in [0.25, 0.3) is 10.9 Å². The largest absolute Gasteiger partial charge is 0.379 e. The Morgan fingerprint density at radius 3 is 2.63 bits per heavy atom. The highest BCUT2D eigenvalue weighted by atomic mass is 35.5. The average molecular weight is 447 g/mol. The fourth-order valence-corrected chi connectivity index (χ4v) is 3.67. The summed E-state index contributed by atoms with van der Waals surface area (Å²) in [6, 6.07) is 12.0. The zero-order valence-electron chi connectivity index (χ0n) is 16.1. The van der Waals surface area contributed by atoms with Crippen molar-refractivity contribution in [1.82, 2.24) is 14.5 Å². The van der Waals surface area contributed by atoms with Crippen LogP contribution in [0.2, 0.25) is 10.0 Å². The number of ether oxygens (including phenoxy) is 1. The molecule has 0 bridgehead atoms. The van der Waals surface area contributed by atoms with E-state index in [2.05, 4.69) is 15.2 Å². The summed E-state index contributed by atoms with van der Waals surface area (Å²) in [6.07, 6.45) is 0.